The summed E-state index contributed by atoms with van der Waals surface area (Å²) in [7, 11) is 0. The van der Waals surface area contributed by atoms with Crippen LogP contribution in [0, 0.1) is 17.8 Å². The van der Waals surface area contributed by atoms with Crippen molar-refractivity contribution in [3.05, 3.63) is 29.8 Å². The van der Waals surface area contributed by atoms with Crippen molar-refractivity contribution in [3.8, 4) is 17.6 Å². The fourth-order valence-corrected chi connectivity index (χ4v) is 3.14. The second-order valence-corrected chi connectivity index (χ2v) is 6.78. The van der Waals surface area contributed by atoms with Gasteiger partial charge in [-0.1, -0.05) is 5.92 Å². The summed E-state index contributed by atoms with van der Waals surface area (Å²) in [4.78, 5) is 26.8. The molecule has 1 aliphatic heterocycles. The topological polar surface area (TPSA) is 90.9 Å². The molecular formula is C20H27N3O4. The van der Waals surface area contributed by atoms with E-state index in [1.807, 2.05) is 0 Å². The molecule has 2 atom stereocenters. The molecule has 7 heteroatoms. The number of rotatable bonds is 6. The Morgan fingerprint density at radius 2 is 2.04 bits per heavy atom. The summed E-state index contributed by atoms with van der Waals surface area (Å²) in [5, 5.41) is 11.9. The minimum atomic E-state index is -0.468. The maximum absolute atomic E-state index is 12.6. The van der Waals surface area contributed by atoms with Crippen molar-refractivity contribution in [1.82, 2.24) is 15.7 Å². The lowest BCUT2D eigenvalue weighted by molar-refractivity contribution is -0.136. The van der Waals surface area contributed by atoms with E-state index in [-0.39, 0.29) is 11.9 Å². The molecule has 1 fully saturated rings. The lowest BCUT2D eigenvalue weighted by Crippen LogP contribution is -2.57. The molecule has 0 unspecified atom stereocenters. The molecule has 146 valence electrons. The van der Waals surface area contributed by atoms with Crippen LogP contribution in [0.25, 0.3) is 0 Å². The summed E-state index contributed by atoms with van der Waals surface area (Å²) < 4.78 is 5.44. The first-order valence-corrected chi connectivity index (χ1v) is 9.07. The van der Waals surface area contributed by atoms with Crippen LogP contribution in [0.5, 0.6) is 5.75 Å². The van der Waals surface area contributed by atoms with E-state index >= 15 is 0 Å². The first kappa shape index (κ1) is 20.7. The van der Waals surface area contributed by atoms with Crippen LogP contribution in [0.3, 0.4) is 0 Å². The predicted molar refractivity (Wildman–Crippen MR) is 101 cm³/mol. The van der Waals surface area contributed by atoms with Crippen molar-refractivity contribution >= 4 is 11.8 Å². The summed E-state index contributed by atoms with van der Waals surface area (Å²) in [6.45, 7) is 7.49. The van der Waals surface area contributed by atoms with Gasteiger partial charge >= 0.3 is 0 Å². The van der Waals surface area contributed by atoms with Gasteiger partial charge in [0.1, 0.15) is 12.4 Å². The molecule has 1 aliphatic rings. The lowest BCUT2D eigenvalue weighted by atomic mass is 9.90. The zero-order valence-electron chi connectivity index (χ0n) is 16.0. The number of likely N-dealkylation sites (tertiary alicyclic amines) is 1. The summed E-state index contributed by atoms with van der Waals surface area (Å²) in [6, 6.07) is 6.71. The van der Waals surface area contributed by atoms with Crippen LogP contribution in [0.2, 0.25) is 0 Å². The molecule has 0 spiro atoms. The second-order valence-electron chi connectivity index (χ2n) is 6.78. The number of nitrogens with zero attached hydrogens (tertiary/aromatic N) is 1. The van der Waals surface area contributed by atoms with Gasteiger partial charge in [-0.25, -0.2) is 5.48 Å². The van der Waals surface area contributed by atoms with Crippen molar-refractivity contribution in [2.75, 3.05) is 19.7 Å². The average molecular weight is 373 g/mol. The van der Waals surface area contributed by atoms with Gasteiger partial charge in [0.25, 0.3) is 5.91 Å². The van der Waals surface area contributed by atoms with Gasteiger partial charge in [-0.15, -0.1) is 5.92 Å². The van der Waals surface area contributed by atoms with E-state index in [1.165, 1.54) is 0 Å². The number of amides is 2. The van der Waals surface area contributed by atoms with Crippen LogP contribution < -0.4 is 15.5 Å². The number of benzene rings is 1. The monoisotopic (exact) mass is 373 g/mol. The summed E-state index contributed by atoms with van der Waals surface area (Å²) in [6.07, 6.45) is 0.570. The van der Waals surface area contributed by atoms with Crippen molar-refractivity contribution in [2.45, 2.75) is 39.3 Å². The van der Waals surface area contributed by atoms with E-state index in [4.69, 9.17) is 9.94 Å². The largest absolute Gasteiger partial charge is 0.481 e. The Balaban J connectivity index is 2.05. The van der Waals surface area contributed by atoms with Gasteiger partial charge in [-0.05, 0) is 58.0 Å². The van der Waals surface area contributed by atoms with E-state index in [2.05, 4.69) is 35.9 Å². The molecule has 1 aromatic rings. The summed E-state index contributed by atoms with van der Waals surface area (Å²) >= 11 is 0. The van der Waals surface area contributed by atoms with Crippen molar-refractivity contribution in [2.24, 2.45) is 5.92 Å². The number of carbonyl (C=O) groups excluding carboxylic acids is 2. The number of nitrogens with one attached hydrogen (secondary N) is 2. The molecule has 0 saturated carbocycles. The maximum Gasteiger partial charge on any atom is 0.251 e. The molecule has 7 nitrogen and oxygen atoms in total. The molecule has 0 bridgehead atoms. The van der Waals surface area contributed by atoms with Crippen LogP contribution in [-0.2, 0) is 4.79 Å². The highest BCUT2D eigenvalue weighted by Crippen LogP contribution is 2.21. The standard InChI is InChI=1S/C20H27N3O4/c1-4-5-12-27-16-8-6-15(7-9-16)19(24)21-18-13-23(14(2)3)11-10-17(18)20(25)22-26/h6-9,14,17-18,26H,10-13H2,1-3H3,(H,21,24)(H,22,25)/t17-,18+/m0/s1. The highest BCUT2D eigenvalue weighted by atomic mass is 16.5. The molecule has 2 rings (SSSR count). The SMILES string of the molecule is CC#CCOc1ccc(C(=O)N[C@@H]2CN(C(C)C)CC[C@@H]2C(=O)NO)cc1. The Kier molecular flexibility index (Phi) is 7.65. The zero-order chi connectivity index (χ0) is 19.8. The molecule has 27 heavy (non-hydrogen) atoms. The fourth-order valence-electron chi connectivity index (χ4n) is 3.14. The van der Waals surface area contributed by atoms with Crippen molar-refractivity contribution < 1.29 is 19.5 Å². The zero-order valence-corrected chi connectivity index (χ0v) is 16.0. The minimum absolute atomic E-state index is 0.263. The quantitative estimate of drug-likeness (QED) is 0.399. The highest BCUT2D eigenvalue weighted by Gasteiger charge is 2.35. The van der Waals surface area contributed by atoms with Gasteiger partial charge in [-0.2, -0.15) is 0 Å². The normalized spacial score (nSPS) is 19.7. The number of hydrogen-bond acceptors (Lipinski definition) is 5. The van der Waals surface area contributed by atoms with E-state index in [9.17, 15) is 9.59 Å². The Hall–Kier alpha value is -2.56. The van der Waals surface area contributed by atoms with Gasteiger partial charge < -0.3 is 10.1 Å². The van der Waals surface area contributed by atoms with Gasteiger partial charge in [0, 0.05) is 18.2 Å². The van der Waals surface area contributed by atoms with Crippen LogP contribution in [0.15, 0.2) is 24.3 Å². The van der Waals surface area contributed by atoms with Crippen LogP contribution in [-0.4, -0.2) is 53.7 Å². The number of hydroxylamine groups is 1. The Labute approximate surface area is 160 Å². The molecule has 2 amide bonds. The maximum atomic E-state index is 12.6. The number of carbonyl (C=O) groups is 2. The van der Waals surface area contributed by atoms with Gasteiger partial charge in [0.05, 0.1) is 12.0 Å². The summed E-state index contributed by atoms with van der Waals surface area (Å²) in [5.41, 5.74) is 2.20. The first-order chi connectivity index (χ1) is 13.0. The molecule has 3 N–H and O–H groups in total. The average Bonchev–Trinajstić information content (AvgIpc) is 2.68. The van der Waals surface area contributed by atoms with Crippen LogP contribution >= 0.6 is 0 Å². The molecule has 0 aromatic heterocycles. The third-order valence-electron chi connectivity index (χ3n) is 4.74. The molecule has 1 aromatic carbocycles. The van der Waals surface area contributed by atoms with Gasteiger partial charge in [-0.3, -0.25) is 19.7 Å². The van der Waals surface area contributed by atoms with Gasteiger partial charge in [0.2, 0.25) is 5.91 Å². The van der Waals surface area contributed by atoms with Gasteiger partial charge in [0.15, 0.2) is 0 Å². The third-order valence-corrected chi connectivity index (χ3v) is 4.74. The smallest absolute Gasteiger partial charge is 0.251 e. The lowest BCUT2D eigenvalue weighted by Gasteiger charge is -2.39. The third kappa shape index (κ3) is 5.71. The molecule has 1 saturated heterocycles. The van der Waals surface area contributed by atoms with Crippen molar-refractivity contribution in [3.63, 3.8) is 0 Å². The minimum Gasteiger partial charge on any atom is -0.481 e. The number of ether oxygens (including phenoxy) is 1. The van der Waals surface area contributed by atoms with Crippen LogP contribution in [0.4, 0.5) is 0 Å². The van der Waals surface area contributed by atoms with E-state index in [1.54, 1.807) is 36.7 Å². The molecule has 0 aliphatic carbocycles. The fraction of sp³-hybridized carbons (Fsp3) is 0.500. The highest BCUT2D eigenvalue weighted by molar-refractivity contribution is 5.95. The summed E-state index contributed by atoms with van der Waals surface area (Å²) in [5.74, 6) is 4.99. The van der Waals surface area contributed by atoms with Crippen molar-refractivity contribution in [1.29, 1.82) is 0 Å². The molecule has 0 radical (unpaired) electrons. The number of hydrogen-bond donors (Lipinski definition) is 3. The molecule has 1 heterocycles. The first-order valence-electron chi connectivity index (χ1n) is 9.07. The van der Waals surface area contributed by atoms with E-state index in [0.717, 1.165) is 6.54 Å². The Morgan fingerprint density at radius 1 is 1.33 bits per heavy atom. The van der Waals surface area contributed by atoms with E-state index in [0.29, 0.717) is 36.9 Å². The van der Waals surface area contributed by atoms with E-state index < -0.39 is 11.8 Å². The second kappa shape index (κ2) is 9.95. The van der Waals surface area contributed by atoms with Crippen LogP contribution in [0.1, 0.15) is 37.6 Å². The number of piperidine rings is 1. The predicted octanol–water partition coefficient (Wildman–Crippen LogP) is 1.42. The molecular weight excluding hydrogens is 346 g/mol. The Bertz CT molecular complexity index is 706. The Morgan fingerprint density at radius 3 is 2.63 bits per heavy atom.